The number of alkyl halides is 1. The molecule has 2 rings (SSSR count). The van der Waals surface area contributed by atoms with E-state index in [1.165, 1.54) is 0 Å². The number of nitrogens with zero attached hydrogens (tertiary/aromatic N) is 4. The lowest BCUT2D eigenvalue weighted by atomic mass is 9.85. The molecule has 120 valence electrons. The van der Waals surface area contributed by atoms with Crippen LogP contribution in [0.3, 0.4) is 0 Å². The fourth-order valence-electron chi connectivity index (χ4n) is 2.66. The van der Waals surface area contributed by atoms with E-state index in [0.29, 0.717) is 17.2 Å². The van der Waals surface area contributed by atoms with Gasteiger partial charge in [0.15, 0.2) is 12.4 Å². The zero-order valence-electron chi connectivity index (χ0n) is 12.0. The normalized spacial score (nSPS) is 31.0. The fourth-order valence-corrected chi connectivity index (χ4v) is 2.66. The molecule has 1 fully saturated rings. The molecule has 1 aliphatic rings. The van der Waals surface area contributed by atoms with Crippen molar-refractivity contribution in [2.75, 3.05) is 6.54 Å². The van der Waals surface area contributed by atoms with Crippen molar-refractivity contribution in [3.63, 3.8) is 0 Å². The van der Waals surface area contributed by atoms with Crippen molar-refractivity contribution in [2.24, 2.45) is 11.0 Å². The first-order chi connectivity index (χ1) is 10.4. The summed E-state index contributed by atoms with van der Waals surface area (Å²) in [6.45, 7) is 3.18. The number of aromatic nitrogens is 2. The first-order valence-electron chi connectivity index (χ1n) is 6.70. The highest BCUT2D eigenvalue weighted by atomic mass is 19.1. The lowest BCUT2D eigenvalue weighted by Gasteiger charge is -2.29. The minimum absolute atomic E-state index is 0.112. The molecule has 0 spiro atoms. The second-order valence-corrected chi connectivity index (χ2v) is 5.19. The second-order valence-electron chi connectivity index (χ2n) is 5.19. The Bertz CT molecular complexity index is 726. The van der Waals surface area contributed by atoms with Crippen LogP contribution in [-0.4, -0.2) is 27.9 Å². The minimum Gasteiger partial charge on any atom is -0.348 e. The van der Waals surface area contributed by atoms with Crippen molar-refractivity contribution in [2.45, 2.75) is 38.3 Å². The van der Waals surface area contributed by atoms with Gasteiger partial charge < -0.3 is 4.74 Å². The maximum atomic E-state index is 14.6. The van der Waals surface area contributed by atoms with Crippen LogP contribution in [0.4, 0.5) is 8.78 Å². The predicted molar refractivity (Wildman–Crippen MR) is 72.5 cm³/mol. The van der Waals surface area contributed by atoms with E-state index in [2.05, 4.69) is 10.0 Å². The van der Waals surface area contributed by atoms with Crippen LogP contribution in [0.2, 0.25) is 0 Å². The molecule has 1 saturated heterocycles. The number of hydrogen-bond acceptors (Lipinski definition) is 4. The molecule has 1 N–H and O–H groups in total. The number of rotatable bonds is 4. The quantitative estimate of drug-likeness (QED) is 0.517. The third kappa shape index (κ3) is 2.51. The lowest BCUT2D eigenvalue weighted by Crippen LogP contribution is -2.38. The Kier molecular flexibility index (Phi) is 4.34. The first kappa shape index (κ1) is 16.2. The number of H-pyrrole nitrogens is 1. The highest BCUT2D eigenvalue weighted by molar-refractivity contribution is 5.01. The van der Waals surface area contributed by atoms with E-state index in [4.69, 9.17) is 10.3 Å². The standard InChI is InChI=1S/C12H15F2N5O3/c1-3-12(5-16-18-15)6(2)8(14)10(22-12)19-4-7(13)9(20)17-11(19)21/h4,6,8,10H,3,5H2,1-2H3,(H,17,20,21)/t6-,8-,10+,12-/m0/s1. The van der Waals surface area contributed by atoms with Gasteiger partial charge in [-0.2, -0.15) is 4.39 Å². The van der Waals surface area contributed by atoms with Crippen molar-refractivity contribution < 1.29 is 13.5 Å². The molecule has 4 atom stereocenters. The highest BCUT2D eigenvalue weighted by Crippen LogP contribution is 2.44. The molecule has 0 radical (unpaired) electrons. The Hall–Kier alpha value is -2.19. The van der Waals surface area contributed by atoms with Crippen molar-refractivity contribution in [1.29, 1.82) is 0 Å². The van der Waals surface area contributed by atoms with E-state index in [1.807, 2.05) is 0 Å². The molecule has 0 saturated carbocycles. The number of hydrogen-bond donors (Lipinski definition) is 1. The van der Waals surface area contributed by atoms with E-state index in [-0.39, 0.29) is 6.54 Å². The van der Waals surface area contributed by atoms with E-state index >= 15 is 0 Å². The van der Waals surface area contributed by atoms with Crippen molar-refractivity contribution >= 4 is 0 Å². The van der Waals surface area contributed by atoms with Crippen molar-refractivity contribution in [3.8, 4) is 0 Å². The van der Waals surface area contributed by atoms with Crippen molar-refractivity contribution in [3.05, 3.63) is 43.3 Å². The molecule has 22 heavy (non-hydrogen) atoms. The van der Waals surface area contributed by atoms with Crippen LogP contribution in [0.25, 0.3) is 10.4 Å². The molecule has 0 aliphatic carbocycles. The smallest absolute Gasteiger partial charge is 0.330 e. The van der Waals surface area contributed by atoms with Gasteiger partial charge in [0.25, 0.3) is 5.56 Å². The van der Waals surface area contributed by atoms with E-state index in [1.54, 1.807) is 18.8 Å². The van der Waals surface area contributed by atoms with Gasteiger partial charge in [-0.1, -0.05) is 19.0 Å². The number of ether oxygens (including phenoxy) is 1. The van der Waals surface area contributed by atoms with Gasteiger partial charge in [0.2, 0.25) is 5.82 Å². The molecular weight excluding hydrogens is 300 g/mol. The summed E-state index contributed by atoms with van der Waals surface area (Å²) in [6, 6.07) is 0. The number of aromatic amines is 1. The van der Waals surface area contributed by atoms with E-state index in [0.717, 1.165) is 0 Å². The van der Waals surface area contributed by atoms with Gasteiger partial charge >= 0.3 is 5.69 Å². The molecule has 0 amide bonds. The SMILES string of the molecule is CC[C@@]1(CN=[N+]=[N-])O[C@@H](n2cc(F)c(=O)[nH]c2=O)[C@@H](F)[C@@H]1C. The summed E-state index contributed by atoms with van der Waals surface area (Å²) in [5.41, 5.74) is 5.20. The molecule has 0 aromatic carbocycles. The van der Waals surface area contributed by atoms with Gasteiger partial charge in [-0.15, -0.1) is 0 Å². The van der Waals surface area contributed by atoms with E-state index < -0.39 is 41.0 Å². The topological polar surface area (TPSA) is 113 Å². The lowest BCUT2D eigenvalue weighted by molar-refractivity contribution is -0.0864. The van der Waals surface area contributed by atoms with Gasteiger partial charge in [0.05, 0.1) is 18.3 Å². The van der Waals surface area contributed by atoms with Gasteiger partial charge in [-0.25, -0.2) is 9.18 Å². The third-order valence-electron chi connectivity index (χ3n) is 4.13. The highest BCUT2D eigenvalue weighted by Gasteiger charge is 2.52. The zero-order valence-corrected chi connectivity index (χ0v) is 12.0. The summed E-state index contributed by atoms with van der Waals surface area (Å²) in [5, 5.41) is 3.43. The summed E-state index contributed by atoms with van der Waals surface area (Å²) in [5.74, 6) is -1.90. The second kappa shape index (κ2) is 5.90. The van der Waals surface area contributed by atoms with Crippen LogP contribution in [0.5, 0.6) is 0 Å². The summed E-state index contributed by atoms with van der Waals surface area (Å²) < 4.78 is 34.2. The molecule has 1 aromatic heterocycles. The maximum Gasteiger partial charge on any atom is 0.330 e. The molecule has 2 heterocycles. The van der Waals surface area contributed by atoms with Crippen molar-refractivity contribution in [1.82, 2.24) is 9.55 Å². The summed E-state index contributed by atoms with van der Waals surface area (Å²) in [6.07, 6.45) is -2.07. The molecule has 8 nitrogen and oxygen atoms in total. The summed E-state index contributed by atoms with van der Waals surface area (Å²) >= 11 is 0. The molecule has 10 heteroatoms. The average molecular weight is 315 g/mol. The van der Waals surface area contributed by atoms with Gasteiger partial charge in [-0.05, 0) is 12.0 Å². The molecule has 0 bridgehead atoms. The first-order valence-corrected chi connectivity index (χ1v) is 6.70. The Morgan fingerprint density at radius 2 is 2.27 bits per heavy atom. The van der Waals surface area contributed by atoms with Crippen LogP contribution in [0.1, 0.15) is 26.5 Å². The van der Waals surface area contributed by atoms with Gasteiger partial charge in [0, 0.05) is 10.8 Å². The monoisotopic (exact) mass is 315 g/mol. The molecular formula is C12H15F2N5O3. The Balaban J connectivity index is 2.46. The molecule has 1 aliphatic heterocycles. The van der Waals surface area contributed by atoms with Crippen LogP contribution in [-0.2, 0) is 4.74 Å². The fraction of sp³-hybridized carbons (Fsp3) is 0.667. The number of nitrogens with one attached hydrogen (secondary N) is 1. The number of halogens is 2. The van der Waals surface area contributed by atoms with Gasteiger partial charge in [-0.3, -0.25) is 14.3 Å². The largest absolute Gasteiger partial charge is 0.348 e. The molecule has 0 unspecified atom stereocenters. The average Bonchev–Trinajstić information content (AvgIpc) is 2.74. The van der Waals surface area contributed by atoms with Crippen LogP contribution in [0, 0.1) is 11.7 Å². The zero-order chi connectivity index (χ0) is 16.5. The predicted octanol–water partition coefficient (Wildman–Crippen LogP) is 1.64. The van der Waals surface area contributed by atoms with Gasteiger partial charge in [0.1, 0.15) is 0 Å². The maximum absolute atomic E-state index is 14.6. The van der Waals surface area contributed by atoms with Crippen LogP contribution >= 0.6 is 0 Å². The molecule has 1 aromatic rings. The number of azide groups is 1. The summed E-state index contributed by atoms with van der Waals surface area (Å²) in [7, 11) is 0. The Morgan fingerprint density at radius 3 is 2.86 bits per heavy atom. The van der Waals surface area contributed by atoms with Crippen LogP contribution in [0.15, 0.2) is 20.9 Å². The minimum atomic E-state index is -1.63. The third-order valence-corrected chi connectivity index (χ3v) is 4.13. The Labute approximate surface area is 123 Å². The van der Waals surface area contributed by atoms with E-state index in [9.17, 15) is 18.4 Å². The van der Waals surface area contributed by atoms with Crippen LogP contribution < -0.4 is 11.2 Å². The summed E-state index contributed by atoms with van der Waals surface area (Å²) in [4.78, 5) is 27.2. The Morgan fingerprint density at radius 1 is 1.59 bits per heavy atom.